The molecule has 31 heavy (non-hydrogen) atoms. The molecule has 2 heterocycles. The lowest BCUT2D eigenvalue weighted by Crippen LogP contribution is -2.24. The molecule has 0 bridgehead atoms. The van der Waals surface area contributed by atoms with E-state index in [-0.39, 0.29) is 17.3 Å². The van der Waals surface area contributed by atoms with Crippen molar-refractivity contribution in [1.82, 2.24) is 4.72 Å². The van der Waals surface area contributed by atoms with Crippen LogP contribution in [0.15, 0.2) is 75.0 Å². The van der Waals surface area contributed by atoms with Gasteiger partial charge in [0, 0.05) is 22.4 Å². The molecule has 0 unspecified atom stereocenters. The third kappa shape index (κ3) is 3.28. The number of carbonyl (C=O) groups is 1. The van der Waals surface area contributed by atoms with E-state index in [1.807, 2.05) is 30.3 Å². The van der Waals surface area contributed by atoms with E-state index in [1.165, 1.54) is 13.2 Å². The lowest BCUT2D eigenvalue weighted by molar-refractivity contribution is -0.114. The van der Waals surface area contributed by atoms with Gasteiger partial charge in [-0.15, -0.1) is 0 Å². The van der Waals surface area contributed by atoms with Crippen molar-refractivity contribution in [2.45, 2.75) is 4.90 Å². The summed E-state index contributed by atoms with van der Waals surface area (Å²) in [6.45, 7) is -0.270. The number of carbonyl (C=O) groups excluding carboxylic acids is 1. The third-order valence-electron chi connectivity index (χ3n) is 5.02. The number of benzene rings is 3. The van der Waals surface area contributed by atoms with Crippen molar-refractivity contribution in [2.24, 2.45) is 4.99 Å². The van der Waals surface area contributed by atoms with Crippen LogP contribution in [-0.4, -0.2) is 33.8 Å². The van der Waals surface area contributed by atoms with Crippen LogP contribution in [0.3, 0.4) is 0 Å². The first-order valence-electron chi connectivity index (χ1n) is 9.42. The van der Waals surface area contributed by atoms with Gasteiger partial charge in [0.1, 0.15) is 29.3 Å². The van der Waals surface area contributed by atoms with Crippen LogP contribution in [0.25, 0.3) is 21.9 Å². The number of anilines is 1. The number of fused-ring (bicyclic) bond motifs is 4. The second kappa shape index (κ2) is 7.13. The van der Waals surface area contributed by atoms with Crippen LogP contribution in [0.2, 0.25) is 0 Å². The maximum Gasteiger partial charge on any atom is 0.263 e. The Hall–Kier alpha value is -3.85. The van der Waals surface area contributed by atoms with E-state index in [0.29, 0.717) is 22.6 Å². The number of para-hydroxylation sites is 1. The van der Waals surface area contributed by atoms with E-state index in [0.717, 1.165) is 16.4 Å². The Balaban J connectivity index is 1.42. The van der Waals surface area contributed by atoms with Crippen molar-refractivity contribution in [3.05, 3.63) is 66.2 Å². The van der Waals surface area contributed by atoms with Gasteiger partial charge < -0.3 is 14.5 Å². The highest BCUT2D eigenvalue weighted by molar-refractivity contribution is 7.90. The van der Waals surface area contributed by atoms with E-state index >= 15 is 0 Å². The molecular weight excluding hydrogens is 418 g/mol. The van der Waals surface area contributed by atoms with Crippen molar-refractivity contribution < 1.29 is 22.4 Å². The molecule has 0 aliphatic carbocycles. The molecule has 156 valence electrons. The Morgan fingerprint density at radius 3 is 2.68 bits per heavy atom. The van der Waals surface area contributed by atoms with E-state index in [4.69, 9.17) is 9.15 Å². The second-order valence-electron chi connectivity index (χ2n) is 6.96. The van der Waals surface area contributed by atoms with E-state index in [9.17, 15) is 13.2 Å². The average Bonchev–Trinajstić information content (AvgIpc) is 3.25. The van der Waals surface area contributed by atoms with Crippen LogP contribution in [0.1, 0.15) is 5.56 Å². The maximum absolute atomic E-state index is 12.5. The number of hydrogen-bond donors (Lipinski definition) is 2. The SMILES string of the molecule is COc1cc2c(cc1NC(=O)CN=C1NS(=O)(=O)c3ccccc31)oc1ccccc12. The molecule has 3 aromatic carbocycles. The fourth-order valence-corrected chi connectivity index (χ4v) is 4.86. The van der Waals surface area contributed by atoms with Gasteiger partial charge in [0.15, 0.2) is 0 Å². The molecule has 9 heteroatoms. The fourth-order valence-electron chi connectivity index (χ4n) is 3.61. The summed E-state index contributed by atoms with van der Waals surface area (Å²) in [6, 6.07) is 17.6. The molecule has 1 aromatic heterocycles. The Labute approximate surface area is 177 Å². The number of methoxy groups -OCH3 is 1. The lowest BCUT2D eigenvalue weighted by atomic mass is 10.1. The van der Waals surface area contributed by atoms with Gasteiger partial charge in [0.2, 0.25) is 5.91 Å². The number of furan rings is 1. The first-order valence-corrected chi connectivity index (χ1v) is 10.9. The van der Waals surface area contributed by atoms with Crippen LogP contribution >= 0.6 is 0 Å². The first kappa shape index (κ1) is 19.1. The van der Waals surface area contributed by atoms with Crippen molar-refractivity contribution in [2.75, 3.05) is 19.0 Å². The zero-order valence-corrected chi connectivity index (χ0v) is 17.2. The predicted molar refractivity (Wildman–Crippen MR) is 117 cm³/mol. The number of sulfonamides is 1. The minimum Gasteiger partial charge on any atom is -0.495 e. The van der Waals surface area contributed by atoms with Crippen molar-refractivity contribution in [3.8, 4) is 5.75 Å². The number of ether oxygens (including phenoxy) is 1. The summed E-state index contributed by atoms with van der Waals surface area (Å²) in [4.78, 5) is 16.8. The molecule has 0 saturated heterocycles. The standard InChI is InChI=1S/C22H17N3O5S/c1-29-19-10-15-13-6-2-4-8-17(13)30-18(15)11-16(19)24-21(26)12-23-22-14-7-3-5-9-20(14)31(27,28)25-22/h2-11H,12H2,1H3,(H,23,25)(H,24,26). The molecule has 4 aromatic rings. The quantitative estimate of drug-likeness (QED) is 0.511. The van der Waals surface area contributed by atoms with Gasteiger partial charge in [0.05, 0.1) is 17.7 Å². The van der Waals surface area contributed by atoms with Gasteiger partial charge in [-0.1, -0.05) is 30.3 Å². The van der Waals surface area contributed by atoms with Gasteiger partial charge in [-0.2, -0.15) is 0 Å². The highest BCUT2D eigenvalue weighted by atomic mass is 32.2. The lowest BCUT2D eigenvalue weighted by Gasteiger charge is -2.09. The van der Waals surface area contributed by atoms with E-state index < -0.39 is 15.9 Å². The molecular formula is C22H17N3O5S. The average molecular weight is 435 g/mol. The Morgan fingerprint density at radius 1 is 1.06 bits per heavy atom. The van der Waals surface area contributed by atoms with Crippen LogP contribution in [0, 0.1) is 0 Å². The third-order valence-corrected chi connectivity index (χ3v) is 6.41. The number of amidine groups is 1. The molecule has 1 aliphatic heterocycles. The summed E-state index contributed by atoms with van der Waals surface area (Å²) >= 11 is 0. The van der Waals surface area contributed by atoms with Crippen LogP contribution in [0.4, 0.5) is 5.69 Å². The number of rotatable bonds is 4. The Bertz CT molecular complexity index is 1490. The topological polar surface area (TPSA) is 110 Å². The van der Waals surface area contributed by atoms with Crippen molar-refractivity contribution in [3.63, 3.8) is 0 Å². The molecule has 0 fully saturated rings. The monoisotopic (exact) mass is 435 g/mol. The zero-order valence-electron chi connectivity index (χ0n) is 16.4. The van der Waals surface area contributed by atoms with Crippen LogP contribution in [0.5, 0.6) is 5.75 Å². The Morgan fingerprint density at radius 2 is 1.84 bits per heavy atom. The minimum atomic E-state index is -3.65. The molecule has 5 rings (SSSR count). The van der Waals surface area contributed by atoms with Crippen molar-refractivity contribution >= 4 is 49.4 Å². The maximum atomic E-state index is 12.5. The van der Waals surface area contributed by atoms with Gasteiger partial charge in [0.25, 0.3) is 10.0 Å². The normalized spacial score (nSPS) is 15.7. The number of aliphatic imine (C=N–C) groups is 1. The fraction of sp³-hybridized carbons (Fsp3) is 0.0909. The van der Waals surface area contributed by atoms with E-state index in [2.05, 4.69) is 15.0 Å². The number of nitrogens with one attached hydrogen (secondary N) is 2. The van der Waals surface area contributed by atoms with Crippen LogP contribution in [-0.2, 0) is 14.8 Å². The molecule has 1 aliphatic rings. The summed E-state index contributed by atoms with van der Waals surface area (Å²) < 4.78 is 38.0. The largest absolute Gasteiger partial charge is 0.495 e. The van der Waals surface area contributed by atoms with Gasteiger partial charge >= 0.3 is 0 Å². The Kier molecular flexibility index (Phi) is 4.40. The molecule has 8 nitrogen and oxygen atoms in total. The van der Waals surface area contributed by atoms with Crippen LogP contribution < -0.4 is 14.8 Å². The predicted octanol–water partition coefficient (Wildman–Crippen LogP) is 3.27. The summed E-state index contributed by atoms with van der Waals surface area (Å²) in [5.41, 5.74) is 2.23. The second-order valence-corrected chi connectivity index (χ2v) is 8.61. The molecule has 0 saturated carbocycles. The number of hydrogen-bond acceptors (Lipinski definition) is 6. The number of amides is 1. The van der Waals surface area contributed by atoms with Crippen molar-refractivity contribution in [1.29, 1.82) is 0 Å². The molecule has 0 radical (unpaired) electrons. The first-order chi connectivity index (χ1) is 15.0. The molecule has 0 spiro atoms. The number of nitrogens with zero attached hydrogens (tertiary/aromatic N) is 1. The summed E-state index contributed by atoms with van der Waals surface area (Å²) in [7, 11) is -2.14. The smallest absolute Gasteiger partial charge is 0.263 e. The van der Waals surface area contributed by atoms with Gasteiger partial charge in [-0.3, -0.25) is 14.5 Å². The zero-order chi connectivity index (χ0) is 21.6. The summed E-state index contributed by atoms with van der Waals surface area (Å²) in [5, 5.41) is 4.59. The molecule has 2 N–H and O–H groups in total. The van der Waals surface area contributed by atoms with Gasteiger partial charge in [-0.05, 0) is 24.3 Å². The highest BCUT2D eigenvalue weighted by Gasteiger charge is 2.30. The minimum absolute atomic E-state index is 0.144. The molecule has 1 amide bonds. The summed E-state index contributed by atoms with van der Waals surface area (Å²) in [5.74, 6) is 0.197. The van der Waals surface area contributed by atoms with Gasteiger partial charge in [-0.25, -0.2) is 8.42 Å². The highest BCUT2D eigenvalue weighted by Crippen LogP contribution is 2.36. The van der Waals surface area contributed by atoms with E-state index in [1.54, 1.807) is 24.3 Å². The molecule has 0 atom stereocenters. The summed E-state index contributed by atoms with van der Waals surface area (Å²) in [6.07, 6.45) is 0.